The number of fused-ring (bicyclic) bond motifs is 1. The minimum Gasteiger partial charge on any atom is -0.489 e. The zero-order valence-electron chi connectivity index (χ0n) is 18.4. The molecule has 1 aliphatic carbocycles. The lowest BCUT2D eigenvalue weighted by atomic mass is 9.92. The number of carbonyl (C=O) groups excluding carboxylic acids is 1. The SMILES string of the molecule is CC1(CCCCc2ccccc2)COc2ccc(C(=O)NC3CCC(O)CC3)cc2N1. The molecule has 0 saturated heterocycles. The Bertz CT molecular complexity index is 877. The predicted molar refractivity (Wildman–Crippen MR) is 124 cm³/mol. The summed E-state index contributed by atoms with van der Waals surface area (Å²) in [5.41, 5.74) is 2.78. The summed E-state index contributed by atoms with van der Waals surface area (Å²) in [6.07, 6.45) is 7.33. The van der Waals surface area contributed by atoms with Gasteiger partial charge < -0.3 is 20.5 Å². The van der Waals surface area contributed by atoms with Gasteiger partial charge in [-0.1, -0.05) is 36.8 Å². The molecule has 0 bridgehead atoms. The maximum absolute atomic E-state index is 12.7. The maximum atomic E-state index is 12.7. The average molecular weight is 423 g/mol. The normalized spacial score (nSPS) is 25.1. The molecule has 5 nitrogen and oxygen atoms in total. The molecule has 2 aliphatic rings. The van der Waals surface area contributed by atoms with Gasteiger partial charge in [0.2, 0.25) is 0 Å². The second kappa shape index (κ2) is 9.73. The van der Waals surface area contributed by atoms with Crippen LogP contribution in [0.25, 0.3) is 0 Å². The molecule has 1 amide bonds. The summed E-state index contributed by atoms with van der Waals surface area (Å²) < 4.78 is 6.03. The molecule has 4 rings (SSSR count). The van der Waals surface area contributed by atoms with Gasteiger partial charge in [0.1, 0.15) is 12.4 Å². The van der Waals surface area contributed by atoms with E-state index in [0.29, 0.717) is 12.2 Å². The van der Waals surface area contributed by atoms with Crippen LogP contribution in [0.5, 0.6) is 5.75 Å². The highest BCUT2D eigenvalue weighted by atomic mass is 16.5. The fourth-order valence-electron chi connectivity index (χ4n) is 4.61. The molecule has 1 unspecified atom stereocenters. The summed E-state index contributed by atoms with van der Waals surface area (Å²) in [5, 5.41) is 16.4. The largest absolute Gasteiger partial charge is 0.489 e. The third-order valence-corrected chi connectivity index (χ3v) is 6.54. The van der Waals surface area contributed by atoms with E-state index in [1.165, 1.54) is 5.56 Å². The van der Waals surface area contributed by atoms with Crippen molar-refractivity contribution in [1.82, 2.24) is 5.32 Å². The number of hydrogen-bond acceptors (Lipinski definition) is 4. The molecule has 3 N–H and O–H groups in total. The van der Waals surface area contributed by atoms with Gasteiger partial charge in [0.05, 0.1) is 17.3 Å². The van der Waals surface area contributed by atoms with Gasteiger partial charge in [0.15, 0.2) is 0 Å². The van der Waals surface area contributed by atoms with Crippen molar-refractivity contribution in [2.75, 3.05) is 11.9 Å². The number of aliphatic hydroxyl groups is 1. The lowest BCUT2D eigenvalue weighted by Gasteiger charge is -2.37. The first-order chi connectivity index (χ1) is 15.0. The van der Waals surface area contributed by atoms with Crippen LogP contribution in [0.4, 0.5) is 5.69 Å². The van der Waals surface area contributed by atoms with Gasteiger partial charge in [-0.25, -0.2) is 0 Å². The maximum Gasteiger partial charge on any atom is 0.251 e. The van der Waals surface area contributed by atoms with Crippen LogP contribution in [-0.2, 0) is 6.42 Å². The number of nitrogens with one attached hydrogen (secondary N) is 2. The number of aryl methyl sites for hydroxylation is 1. The zero-order valence-corrected chi connectivity index (χ0v) is 18.4. The lowest BCUT2D eigenvalue weighted by Crippen LogP contribution is -2.44. The van der Waals surface area contributed by atoms with Crippen molar-refractivity contribution in [2.45, 2.75) is 76.0 Å². The first-order valence-electron chi connectivity index (χ1n) is 11.6. The third-order valence-electron chi connectivity index (χ3n) is 6.54. The highest BCUT2D eigenvalue weighted by Gasteiger charge is 2.31. The number of ether oxygens (including phenoxy) is 1. The molecule has 0 radical (unpaired) electrons. The average Bonchev–Trinajstić information content (AvgIpc) is 2.78. The van der Waals surface area contributed by atoms with Crippen molar-refractivity contribution >= 4 is 11.6 Å². The smallest absolute Gasteiger partial charge is 0.251 e. The van der Waals surface area contributed by atoms with Crippen LogP contribution in [0.15, 0.2) is 48.5 Å². The molecular weight excluding hydrogens is 388 g/mol. The Morgan fingerprint density at radius 3 is 2.68 bits per heavy atom. The molecule has 0 spiro atoms. The molecule has 1 fully saturated rings. The number of hydrogen-bond donors (Lipinski definition) is 3. The summed E-state index contributed by atoms with van der Waals surface area (Å²) in [7, 11) is 0. The van der Waals surface area contributed by atoms with Crippen molar-refractivity contribution in [3.05, 3.63) is 59.7 Å². The van der Waals surface area contributed by atoms with E-state index in [2.05, 4.69) is 47.9 Å². The van der Waals surface area contributed by atoms with Crippen LogP contribution in [0.2, 0.25) is 0 Å². The second-order valence-corrected chi connectivity index (χ2v) is 9.36. The van der Waals surface area contributed by atoms with E-state index >= 15 is 0 Å². The van der Waals surface area contributed by atoms with E-state index in [1.54, 1.807) is 0 Å². The Balaban J connectivity index is 1.31. The summed E-state index contributed by atoms with van der Waals surface area (Å²) >= 11 is 0. The van der Waals surface area contributed by atoms with Crippen LogP contribution in [0, 0.1) is 0 Å². The molecule has 1 atom stereocenters. The van der Waals surface area contributed by atoms with Crippen LogP contribution in [0.1, 0.15) is 67.8 Å². The van der Waals surface area contributed by atoms with Crippen molar-refractivity contribution in [3.8, 4) is 5.75 Å². The first kappa shape index (κ1) is 21.7. The number of aliphatic hydroxyl groups excluding tert-OH is 1. The molecule has 31 heavy (non-hydrogen) atoms. The van der Waals surface area contributed by atoms with E-state index in [4.69, 9.17) is 4.74 Å². The van der Waals surface area contributed by atoms with Gasteiger partial charge in [0, 0.05) is 11.6 Å². The highest BCUT2D eigenvalue weighted by molar-refractivity contribution is 5.96. The van der Waals surface area contributed by atoms with Crippen LogP contribution >= 0.6 is 0 Å². The van der Waals surface area contributed by atoms with Crippen LogP contribution < -0.4 is 15.4 Å². The Kier molecular flexibility index (Phi) is 6.81. The number of benzene rings is 2. The van der Waals surface area contributed by atoms with Crippen LogP contribution in [0.3, 0.4) is 0 Å². The van der Waals surface area contributed by atoms with E-state index in [-0.39, 0.29) is 23.6 Å². The summed E-state index contributed by atoms with van der Waals surface area (Å²) in [4.78, 5) is 12.7. The van der Waals surface area contributed by atoms with Gasteiger partial charge in [0.25, 0.3) is 5.91 Å². The van der Waals surface area contributed by atoms with Gasteiger partial charge in [-0.3, -0.25) is 4.79 Å². The van der Waals surface area contributed by atoms with Crippen molar-refractivity contribution in [2.24, 2.45) is 0 Å². The first-order valence-corrected chi connectivity index (χ1v) is 11.6. The lowest BCUT2D eigenvalue weighted by molar-refractivity contribution is 0.0867. The Labute approximate surface area is 185 Å². The van der Waals surface area contributed by atoms with Crippen molar-refractivity contribution in [1.29, 1.82) is 0 Å². The van der Waals surface area contributed by atoms with Gasteiger partial charge in [-0.05, 0) is 75.6 Å². The molecule has 1 aliphatic heterocycles. The minimum absolute atomic E-state index is 0.0545. The molecule has 2 aromatic rings. The van der Waals surface area contributed by atoms with Crippen LogP contribution in [-0.4, -0.2) is 35.3 Å². The molecule has 1 heterocycles. The van der Waals surface area contributed by atoms with Crippen molar-refractivity contribution in [3.63, 3.8) is 0 Å². The molecule has 166 valence electrons. The number of rotatable bonds is 7. The quantitative estimate of drug-likeness (QED) is 0.566. The molecule has 5 heteroatoms. The Hall–Kier alpha value is -2.53. The Morgan fingerprint density at radius 2 is 1.90 bits per heavy atom. The van der Waals surface area contributed by atoms with E-state index in [0.717, 1.165) is 62.8 Å². The second-order valence-electron chi connectivity index (χ2n) is 9.36. The summed E-state index contributed by atoms with van der Waals surface area (Å²) in [5.74, 6) is 0.750. The number of unbranched alkanes of at least 4 members (excludes halogenated alkanes) is 1. The molecule has 2 aromatic carbocycles. The van der Waals surface area contributed by atoms with E-state index < -0.39 is 0 Å². The molecule has 1 saturated carbocycles. The third kappa shape index (κ3) is 5.79. The molecular formula is C26H34N2O3. The fraction of sp³-hybridized carbons (Fsp3) is 0.500. The van der Waals surface area contributed by atoms with E-state index in [9.17, 15) is 9.90 Å². The Morgan fingerprint density at radius 1 is 1.13 bits per heavy atom. The fourth-order valence-corrected chi connectivity index (χ4v) is 4.61. The minimum atomic E-state index is -0.219. The number of amides is 1. The monoisotopic (exact) mass is 422 g/mol. The standard InChI is InChI=1S/C26H34N2O3/c1-26(16-6-5-9-19-7-3-2-4-8-19)18-31-24-15-10-20(17-23(24)28-26)25(30)27-21-11-13-22(29)14-12-21/h2-4,7-8,10,15,17,21-22,28-29H,5-6,9,11-14,16,18H2,1H3,(H,27,30). The summed E-state index contributed by atoms with van der Waals surface area (Å²) in [6.45, 7) is 2.82. The van der Waals surface area contributed by atoms with Gasteiger partial charge >= 0.3 is 0 Å². The van der Waals surface area contributed by atoms with Gasteiger partial charge in [-0.15, -0.1) is 0 Å². The number of carbonyl (C=O) groups is 1. The van der Waals surface area contributed by atoms with Gasteiger partial charge in [-0.2, -0.15) is 0 Å². The van der Waals surface area contributed by atoms with E-state index in [1.807, 2.05) is 18.2 Å². The van der Waals surface area contributed by atoms with Crippen molar-refractivity contribution < 1.29 is 14.6 Å². The highest BCUT2D eigenvalue weighted by Crippen LogP contribution is 2.35. The zero-order chi connectivity index (χ0) is 21.7. The topological polar surface area (TPSA) is 70.6 Å². The number of anilines is 1. The summed E-state index contributed by atoms with van der Waals surface area (Å²) in [6, 6.07) is 16.4. The molecule has 0 aromatic heterocycles. The predicted octanol–water partition coefficient (Wildman–Crippen LogP) is 4.70.